The molecular weight excluding hydrogens is 170 g/mol. The average Bonchev–Trinajstić information content (AvgIpc) is 1.99. The fraction of sp³-hybridized carbons (Fsp3) is 0.667. The first-order chi connectivity index (χ1) is 5.11. The average molecular weight is 180 g/mol. The van der Waals surface area contributed by atoms with Crippen LogP contribution in [0.5, 0.6) is 0 Å². The lowest BCUT2D eigenvalue weighted by atomic mass is 10.2. The molecular formula is C6H10ClNO3. The molecule has 0 spiro atoms. The number of carbonyl (C=O) groups is 2. The summed E-state index contributed by atoms with van der Waals surface area (Å²) in [7, 11) is 0. The lowest BCUT2D eigenvalue weighted by Crippen LogP contribution is -2.40. The van der Waals surface area contributed by atoms with Crippen molar-refractivity contribution in [3.8, 4) is 0 Å². The van der Waals surface area contributed by atoms with Gasteiger partial charge in [0, 0.05) is 0 Å². The number of amides is 1. The van der Waals surface area contributed by atoms with Crippen molar-refractivity contribution in [1.29, 1.82) is 0 Å². The monoisotopic (exact) mass is 179 g/mol. The van der Waals surface area contributed by atoms with Crippen molar-refractivity contribution < 1.29 is 14.7 Å². The van der Waals surface area contributed by atoms with Crippen LogP contribution < -0.4 is 5.32 Å². The summed E-state index contributed by atoms with van der Waals surface area (Å²) in [5, 5.41) is 10.7. The molecule has 0 fully saturated rings. The summed E-state index contributed by atoms with van der Waals surface area (Å²) in [5.74, 6) is -1.70. The third kappa shape index (κ3) is 3.83. The Hall–Kier alpha value is -0.770. The number of halogens is 1. The van der Waals surface area contributed by atoms with Gasteiger partial charge in [-0.05, 0) is 6.42 Å². The van der Waals surface area contributed by atoms with Crippen LogP contribution in [0.1, 0.15) is 13.3 Å². The van der Waals surface area contributed by atoms with E-state index >= 15 is 0 Å². The standard InChI is InChI=1S/C6H10ClNO3/c1-2-4(6(10)11)8-5(9)3-7/h4H,2-3H2,1H3,(H,8,9)(H,10,11)/t4-/m1/s1. The van der Waals surface area contributed by atoms with Crippen LogP contribution in [-0.2, 0) is 9.59 Å². The molecule has 0 saturated carbocycles. The van der Waals surface area contributed by atoms with Crippen molar-refractivity contribution >= 4 is 23.5 Å². The largest absolute Gasteiger partial charge is 0.480 e. The number of nitrogens with one attached hydrogen (secondary N) is 1. The molecule has 2 N–H and O–H groups in total. The van der Waals surface area contributed by atoms with Crippen LogP contribution in [-0.4, -0.2) is 28.9 Å². The van der Waals surface area contributed by atoms with Crippen molar-refractivity contribution in [1.82, 2.24) is 5.32 Å². The van der Waals surface area contributed by atoms with E-state index in [0.717, 1.165) is 0 Å². The molecule has 0 aliphatic carbocycles. The lowest BCUT2D eigenvalue weighted by molar-refractivity contribution is -0.141. The zero-order valence-electron chi connectivity index (χ0n) is 6.13. The number of alkyl halides is 1. The van der Waals surface area contributed by atoms with Crippen LogP contribution in [0, 0.1) is 0 Å². The van der Waals surface area contributed by atoms with E-state index < -0.39 is 17.9 Å². The summed E-state index contributed by atoms with van der Waals surface area (Å²) in [6, 6.07) is -0.818. The van der Waals surface area contributed by atoms with Gasteiger partial charge in [-0.25, -0.2) is 4.79 Å². The Morgan fingerprint density at radius 2 is 2.18 bits per heavy atom. The summed E-state index contributed by atoms with van der Waals surface area (Å²) in [4.78, 5) is 20.9. The highest BCUT2D eigenvalue weighted by Crippen LogP contribution is 1.90. The number of carboxylic acids is 1. The van der Waals surface area contributed by atoms with E-state index in [-0.39, 0.29) is 5.88 Å². The van der Waals surface area contributed by atoms with Gasteiger partial charge in [-0.2, -0.15) is 0 Å². The first kappa shape index (κ1) is 10.2. The van der Waals surface area contributed by atoms with Crippen molar-refractivity contribution in [3.05, 3.63) is 0 Å². The number of rotatable bonds is 4. The number of aliphatic carboxylic acids is 1. The Kier molecular flexibility index (Phi) is 4.61. The summed E-state index contributed by atoms with van der Waals surface area (Å²) in [5.41, 5.74) is 0. The number of hydrogen-bond donors (Lipinski definition) is 2. The molecule has 64 valence electrons. The zero-order chi connectivity index (χ0) is 8.85. The summed E-state index contributed by atoms with van der Waals surface area (Å²) in [6.07, 6.45) is 0.359. The summed E-state index contributed by atoms with van der Waals surface area (Å²) < 4.78 is 0. The molecule has 0 saturated heterocycles. The van der Waals surface area contributed by atoms with Crippen molar-refractivity contribution in [2.24, 2.45) is 0 Å². The third-order valence-corrected chi connectivity index (χ3v) is 1.41. The van der Waals surface area contributed by atoms with Gasteiger partial charge in [-0.3, -0.25) is 4.79 Å². The second kappa shape index (κ2) is 4.96. The minimum absolute atomic E-state index is 0.205. The van der Waals surface area contributed by atoms with Gasteiger partial charge in [-0.1, -0.05) is 6.92 Å². The second-order valence-corrected chi connectivity index (χ2v) is 2.27. The molecule has 1 amide bonds. The molecule has 0 aromatic carbocycles. The van der Waals surface area contributed by atoms with Crippen LogP contribution in [0.4, 0.5) is 0 Å². The highest BCUT2D eigenvalue weighted by atomic mass is 35.5. The molecule has 0 bridgehead atoms. The molecule has 1 atom stereocenters. The first-order valence-electron chi connectivity index (χ1n) is 3.20. The molecule has 0 aromatic rings. The molecule has 5 heteroatoms. The predicted molar refractivity (Wildman–Crippen MR) is 40.6 cm³/mol. The minimum Gasteiger partial charge on any atom is -0.480 e. The Bertz CT molecular complexity index is 160. The normalized spacial score (nSPS) is 12.2. The van der Waals surface area contributed by atoms with Gasteiger partial charge in [-0.15, -0.1) is 11.6 Å². The van der Waals surface area contributed by atoms with Gasteiger partial charge in [0.15, 0.2) is 0 Å². The maximum absolute atomic E-state index is 10.6. The quantitative estimate of drug-likeness (QED) is 0.606. The van der Waals surface area contributed by atoms with Gasteiger partial charge in [0.2, 0.25) is 5.91 Å². The minimum atomic E-state index is -1.04. The maximum Gasteiger partial charge on any atom is 0.326 e. The number of carboxylic acid groups (broad SMARTS) is 1. The SMILES string of the molecule is CC[C@@H](NC(=O)CCl)C(=O)O. The van der Waals surface area contributed by atoms with E-state index in [9.17, 15) is 9.59 Å². The van der Waals surface area contributed by atoms with Crippen LogP contribution in [0.2, 0.25) is 0 Å². The molecule has 0 unspecified atom stereocenters. The summed E-state index contributed by atoms with van der Waals surface area (Å²) in [6.45, 7) is 1.67. The van der Waals surface area contributed by atoms with Crippen LogP contribution >= 0.6 is 11.6 Å². The van der Waals surface area contributed by atoms with E-state index in [1.54, 1.807) is 6.92 Å². The van der Waals surface area contributed by atoms with Crippen LogP contribution in [0.25, 0.3) is 0 Å². The molecule has 11 heavy (non-hydrogen) atoms. The zero-order valence-corrected chi connectivity index (χ0v) is 6.89. The second-order valence-electron chi connectivity index (χ2n) is 2.00. The topological polar surface area (TPSA) is 66.4 Å². The Balaban J connectivity index is 3.88. The molecule has 0 aliphatic heterocycles. The van der Waals surface area contributed by atoms with E-state index in [4.69, 9.17) is 16.7 Å². The molecule has 0 aliphatic rings. The van der Waals surface area contributed by atoms with Gasteiger partial charge in [0.1, 0.15) is 11.9 Å². The van der Waals surface area contributed by atoms with E-state index in [0.29, 0.717) is 6.42 Å². The highest BCUT2D eigenvalue weighted by molar-refractivity contribution is 6.27. The highest BCUT2D eigenvalue weighted by Gasteiger charge is 2.16. The van der Waals surface area contributed by atoms with Crippen molar-refractivity contribution in [2.45, 2.75) is 19.4 Å². The number of hydrogen-bond acceptors (Lipinski definition) is 2. The molecule has 0 heterocycles. The molecule has 0 aromatic heterocycles. The van der Waals surface area contributed by atoms with E-state index in [1.165, 1.54) is 0 Å². The van der Waals surface area contributed by atoms with Crippen molar-refractivity contribution in [3.63, 3.8) is 0 Å². The fourth-order valence-electron chi connectivity index (χ4n) is 0.571. The van der Waals surface area contributed by atoms with Crippen LogP contribution in [0.3, 0.4) is 0 Å². The summed E-state index contributed by atoms with van der Waals surface area (Å²) >= 11 is 5.15. The third-order valence-electron chi connectivity index (χ3n) is 1.16. The maximum atomic E-state index is 10.6. The number of carbonyl (C=O) groups excluding carboxylic acids is 1. The smallest absolute Gasteiger partial charge is 0.326 e. The van der Waals surface area contributed by atoms with Crippen LogP contribution in [0.15, 0.2) is 0 Å². The molecule has 4 nitrogen and oxygen atoms in total. The van der Waals surface area contributed by atoms with Gasteiger partial charge in [0.05, 0.1) is 0 Å². The first-order valence-corrected chi connectivity index (χ1v) is 3.73. The van der Waals surface area contributed by atoms with E-state index in [1.807, 2.05) is 0 Å². The van der Waals surface area contributed by atoms with Gasteiger partial charge < -0.3 is 10.4 Å². The Morgan fingerprint density at radius 1 is 1.64 bits per heavy atom. The van der Waals surface area contributed by atoms with E-state index in [2.05, 4.69) is 5.32 Å². The fourth-order valence-corrected chi connectivity index (χ4v) is 0.648. The van der Waals surface area contributed by atoms with Gasteiger partial charge >= 0.3 is 5.97 Å². The lowest BCUT2D eigenvalue weighted by Gasteiger charge is -2.09. The van der Waals surface area contributed by atoms with Crippen molar-refractivity contribution in [2.75, 3.05) is 5.88 Å². The van der Waals surface area contributed by atoms with Gasteiger partial charge in [0.25, 0.3) is 0 Å². The predicted octanol–water partition coefficient (Wildman–Crippen LogP) is 0.205. The Labute approximate surface area is 69.5 Å². The molecule has 0 rings (SSSR count). The molecule has 0 radical (unpaired) electrons. The Morgan fingerprint density at radius 3 is 2.45 bits per heavy atom.